The molecular formula is C18H17F2N3O3. The number of fused-ring (bicyclic) bond motifs is 1. The van der Waals surface area contributed by atoms with Crippen molar-refractivity contribution in [3.63, 3.8) is 0 Å². The maximum absolute atomic E-state index is 13.4. The molecule has 1 heterocycles. The van der Waals surface area contributed by atoms with Crippen molar-refractivity contribution >= 4 is 16.9 Å². The molecule has 0 saturated heterocycles. The Labute approximate surface area is 148 Å². The molecule has 6 nitrogen and oxygen atoms in total. The third-order valence-corrected chi connectivity index (χ3v) is 3.91. The number of ether oxygens (including phenoxy) is 2. The summed E-state index contributed by atoms with van der Waals surface area (Å²) < 4.78 is 38.5. The van der Waals surface area contributed by atoms with Crippen molar-refractivity contribution in [2.75, 3.05) is 14.2 Å². The highest BCUT2D eigenvalue weighted by molar-refractivity contribution is 5.80. The Kier molecular flexibility index (Phi) is 5.01. The number of hydrogen-bond donors (Lipinski definition) is 1. The first-order valence-corrected chi connectivity index (χ1v) is 7.79. The molecule has 0 aliphatic carbocycles. The fourth-order valence-corrected chi connectivity index (χ4v) is 2.58. The lowest BCUT2D eigenvalue weighted by Crippen LogP contribution is -2.26. The SMILES string of the molecule is COc1ccc(CNC(=O)Cn2cnc3cc(F)c(F)cc32)cc1OC. The van der Waals surface area contributed by atoms with Crippen LogP contribution in [0.1, 0.15) is 5.56 Å². The number of carbonyl (C=O) groups excluding carboxylic acids is 1. The standard InChI is InChI=1S/C18H17F2N3O3/c1-25-16-4-3-11(5-17(16)26-2)8-21-18(24)9-23-10-22-14-6-12(19)13(20)7-15(14)23/h3-7,10H,8-9H2,1-2H3,(H,21,24). The molecule has 0 bridgehead atoms. The maximum Gasteiger partial charge on any atom is 0.240 e. The van der Waals surface area contributed by atoms with E-state index >= 15 is 0 Å². The fourth-order valence-electron chi connectivity index (χ4n) is 2.58. The smallest absolute Gasteiger partial charge is 0.240 e. The highest BCUT2D eigenvalue weighted by Crippen LogP contribution is 2.27. The van der Waals surface area contributed by atoms with Crippen LogP contribution in [0.5, 0.6) is 11.5 Å². The summed E-state index contributed by atoms with van der Waals surface area (Å²) in [6, 6.07) is 7.36. The quantitative estimate of drug-likeness (QED) is 0.733. The van der Waals surface area contributed by atoms with Gasteiger partial charge in [-0.1, -0.05) is 6.07 Å². The Morgan fingerprint density at radius 3 is 2.58 bits per heavy atom. The number of aromatic nitrogens is 2. The third kappa shape index (κ3) is 3.58. The molecule has 0 fully saturated rings. The maximum atomic E-state index is 13.4. The van der Waals surface area contributed by atoms with Crippen LogP contribution in [-0.4, -0.2) is 29.7 Å². The third-order valence-electron chi connectivity index (χ3n) is 3.91. The van der Waals surface area contributed by atoms with E-state index in [9.17, 15) is 13.6 Å². The molecule has 8 heteroatoms. The normalized spacial score (nSPS) is 10.8. The van der Waals surface area contributed by atoms with Gasteiger partial charge in [-0.25, -0.2) is 13.8 Å². The van der Waals surface area contributed by atoms with E-state index in [2.05, 4.69) is 10.3 Å². The second-order valence-electron chi connectivity index (χ2n) is 5.59. The summed E-state index contributed by atoms with van der Waals surface area (Å²) >= 11 is 0. The first-order valence-electron chi connectivity index (χ1n) is 7.79. The molecule has 3 aromatic rings. The van der Waals surface area contributed by atoms with E-state index in [4.69, 9.17) is 9.47 Å². The number of methoxy groups -OCH3 is 2. The number of nitrogens with zero attached hydrogens (tertiary/aromatic N) is 2. The van der Waals surface area contributed by atoms with Gasteiger partial charge in [0.15, 0.2) is 23.1 Å². The van der Waals surface area contributed by atoms with E-state index in [1.54, 1.807) is 19.2 Å². The summed E-state index contributed by atoms with van der Waals surface area (Å²) in [6.45, 7) is 0.226. The van der Waals surface area contributed by atoms with E-state index in [-0.39, 0.29) is 24.5 Å². The van der Waals surface area contributed by atoms with Gasteiger partial charge in [0.25, 0.3) is 0 Å². The lowest BCUT2D eigenvalue weighted by atomic mass is 10.2. The topological polar surface area (TPSA) is 65.4 Å². The van der Waals surface area contributed by atoms with Crippen molar-refractivity contribution in [1.29, 1.82) is 0 Å². The summed E-state index contributed by atoms with van der Waals surface area (Å²) in [5, 5.41) is 2.76. The monoisotopic (exact) mass is 361 g/mol. The Balaban J connectivity index is 1.67. The van der Waals surface area contributed by atoms with E-state index in [0.29, 0.717) is 17.0 Å². The summed E-state index contributed by atoms with van der Waals surface area (Å²) in [4.78, 5) is 16.2. The Hall–Kier alpha value is -3.16. The van der Waals surface area contributed by atoms with Gasteiger partial charge in [-0.15, -0.1) is 0 Å². The number of hydrogen-bond acceptors (Lipinski definition) is 4. The molecule has 1 aromatic heterocycles. The molecule has 0 aliphatic rings. The average molecular weight is 361 g/mol. The minimum Gasteiger partial charge on any atom is -0.493 e. The molecule has 1 amide bonds. The lowest BCUT2D eigenvalue weighted by Gasteiger charge is -2.11. The Morgan fingerprint density at radius 1 is 1.12 bits per heavy atom. The van der Waals surface area contributed by atoms with Crippen LogP contribution in [0.3, 0.4) is 0 Å². The van der Waals surface area contributed by atoms with Crippen LogP contribution >= 0.6 is 0 Å². The molecule has 3 rings (SSSR count). The predicted octanol–water partition coefficient (Wildman–Crippen LogP) is 2.65. The van der Waals surface area contributed by atoms with Crippen molar-refractivity contribution in [1.82, 2.24) is 14.9 Å². The highest BCUT2D eigenvalue weighted by atomic mass is 19.2. The molecule has 0 aliphatic heterocycles. The number of halogens is 2. The molecule has 136 valence electrons. The Bertz CT molecular complexity index is 956. The summed E-state index contributed by atoms with van der Waals surface area (Å²) in [5.74, 6) is -1.08. The number of benzene rings is 2. The predicted molar refractivity (Wildman–Crippen MR) is 91.0 cm³/mol. The average Bonchev–Trinajstić information content (AvgIpc) is 3.01. The molecule has 0 atom stereocenters. The van der Waals surface area contributed by atoms with E-state index < -0.39 is 11.6 Å². The Morgan fingerprint density at radius 2 is 1.85 bits per heavy atom. The molecule has 0 radical (unpaired) electrons. The van der Waals surface area contributed by atoms with Gasteiger partial charge >= 0.3 is 0 Å². The van der Waals surface area contributed by atoms with Crippen LogP contribution in [0.4, 0.5) is 8.78 Å². The van der Waals surface area contributed by atoms with E-state index in [0.717, 1.165) is 17.7 Å². The van der Waals surface area contributed by atoms with Gasteiger partial charge in [0.2, 0.25) is 5.91 Å². The summed E-state index contributed by atoms with van der Waals surface area (Å²) in [5.41, 5.74) is 1.47. The second kappa shape index (κ2) is 7.38. The molecule has 26 heavy (non-hydrogen) atoms. The van der Waals surface area contributed by atoms with Gasteiger partial charge in [0, 0.05) is 18.7 Å². The molecule has 2 aromatic carbocycles. The van der Waals surface area contributed by atoms with Gasteiger partial charge in [-0.2, -0.15) is 0 Å². The van der Waals surface area contributed by atoms with Crippen LogP contribution < -0.4 is 14.8 Å². The minimum absolute atomic E-state index is 0.0607. The van der Waals surface area contributed by atoms with Crippen LogP contribution in [0.15, 0.2) is 36.7 Å². The summed E-state index contributed by atoms with van der Waals surface area (Å²) in [7, 11) is 3.08. The first kappa shape index (κ1) is 17.7. The molecule has 0 saturated carbocycles. The largest absolute Gasteiger partial charge is 0.493 e. The van der Waals surface area contributed by atoms with Crippen molar-refractivity contribution in [2.45, 2.75) is 13.1 Å². The van der Waals surface area contributed by atoms with Gasteiger partial charge in [-0.05, 0) is 17.7 Å². The van der Waals surface area contributed by atoms with E-state index in [1.165, 1.54) is 18.0 Å². The van der Waals surface area contributed by atoms with Crippen LogP contribution in [-0.2, 0) is 17.9 Å². The summed E-state index contributed by atoms with van der Waals surface area (Å²) in [6.07, 6.45) is 1.37. The number of rotatable bonds is 6. The molecule has 0 unspecified atom stereocenters. The van der Waals surface area contributed by atoms with Crippen molar-refractivity contribution in [3.05, 3.63) is 53.9 Å². The zero-order chi connectivity index (χ0) is 18.7. The number of imidazole rings is 1. The van der Waals surface area contributed by atoms with Crippen molar-refractivity contribution < 1.29 is 23.0 Å². The van der Waals surface area contributed by atoms with Crippen molar-refractivity contribution in [2.24, 2.45) is 0 Å². The number of nitrogens with one attached hydrogen (secondary N) is 1. The second-order valence-corrected chi connectivity index (χ2v) is 5.59. The highest BCUT2D eigenvalue weighted by Gasteiger charge is 2.12. The van der Waals surface area contributed by atoms with E-state index in [1.807, 2.05) is 6.07 Å². The first-order chi connectivity index (χ1) is 12.5. The zero-order valence-electron chi connectivity index (χ0n) is 14.3. The van der Waals surface area contributed by atoms with Crippen LogP contribution in [0.25, 0.3) is 11.0 Å². The number of amides is 1. The minimum atomic E-state index is -0.981. The van der Waals surface area contributed by atoms with Gasteiger partial charge in [0.05, 0.1) is 31.6 Å². The molecule has 0 spiro atoms. The molecular weight excluding hydrogens is 344 g/mol. The van der Waals surface area contributed by atoms with Gasteiger partial charge in [0.1, 0.15) is 6.54 Å². The van der Waals surface area contributed by atoms with Gasteiger partial charge < -0.3 is 19.4 Å². The number of carbonyl (C=O) groups is 1. The fraction of sp³-hybridized carbons (Fsp3) is 0.222. The zero-order valence-corrected chi connectivity index (χ0v) is 14.3. The van der Waals surface area contributed by atoms with Gasteiger partial charge in [-0.3, -0.25) is 4.79 Å². The van der Waals surface area contributed by atoms with Crippen molar-refractivity contribution in [3.8, 4) is 11.5 Å². The van der Waals surface area contributed by atoms with Crippen LogP contribution in [0, 0.1) is 11.6 Å². The van der Waals surface area contributed by atoms with Crippen LogP contribution in [0.2, 0.25) is 0 Å². The lowest BCUT2D eigenvalue weighted by molar-refractivity contribution is -0.121. The molecule has 1 N–H and O–H groups in total.